The number of unbranched alkanes of at least 4 members (excludes halogenated alkanes) is 2. The minimum absolute atomic E-state index is 0.101. The van der Waals surface area contributed by atoms with Gasteiger partial charge in [-0.2, -0.15) is 0 Å². The van der Waals surface area contributed by atoms with Gasteiger partial charge in [-0.1, -0.05) is 61.4 Å². The Morgan fingerprint density at radius 3 is 1.88 bits per heavy atom. The van der Waals surface area contributed by atoms with Gasteiger partial charge in [0.1, 0.15) is 0 Å². The predicted molar refractivity (Wildman–Crippen MR) is 101 cm³/mol. The van der Waals surface area contributed by atoms with Gasteiger partial charge < -0.3 is 9.79 Å². The van der Waals surface area contributed by atoms with Crippen LogP contribution in [0.5, 0.6) is 0 Å². The molecule has 136 valence electrons. The molecule has 0 aromatic heterocycles. The lowest BCUT2D eigenvalue weighted by atomic mass is 9.83. The number of hydrogen-bond donors (Lipinski definition) is 2. The maximum absolute atomic E-state index is 10.7. The maximum Gasteiger partial charge on any atom is 0.469 e. The summed E-state index contributed by atoms with van der Waals surface area (Å²) in [6, 6.07) is 17.0. The number of benzene rings is 2. The van der Waals surface area contributed by atoms with Gasteiger partial charge in [-0.25, -0.2) is 4.57 Å². The van der Waals surface area contributed by atoms with Crippen molar-refractivity contribution in [1.29, 1.82) is 0 Å². The summed E-state index contributed by atoms with van der Waals surface area (Å²) in [4.78, 5) is 17.4. The summed E-state index contributed by atoms with van der Waals surface area (Å²) in [7, 11) is -4.34. The smallest absolute Gasteiger partial charge is 0.303 e. The van der Waals surface area contributed by atoms with Crippen molar-refractivity contribution in [1.82, 2.24) is 0 Å². The molecular weight excluding hydrogens is 335 g/mol. The first-order chi connectivity index (χ1) is 11.9. The molecule has 0 spiro atoms. The summed E-state index contributed by atoms with van der Waals surface area (Å²) in [5.41, 5.74) is 5.28. The molecule has 2 rings (SSSR count). The Balaban J connectivity index is 2.03. The van der Waals surface area contributed by atoms with Crippen molar-refractivity contribution in [2.75, 3.05) is 6.61 Å². The van der Waals surface area contributed by atoms with Crippen molar-refractivity contribution in [3.63, 3.8) is 0 Å². The summed E-state index contributed by atoms with van der Waals surface area (Å²) in [5.74, 6) is 0.338. The molecule has 0 radical (unpaired) electrons. The standard InChI is InChI=1S/C20H27O4P/c1-16-10-5-7-12-18(16)20(19-13-8-6-11-17(19)2)14-4-3-9-15-24-25(21,22)23/h5-8,10-13,20H,3-4,9,14-15H2,1-2H3,(H2,21,22,23). The summed E-state index contributed by atoms with van der Waals surface area (Å²) < 4.78 is 15.2. The minimum Gasteiger partial charge on any atom is -0.303 e. The van der Waals surface area contributed by atoms with Crippen molar-refractivity contribution >= 4 is 7.82 Å². The van der Waals surface area contributed by atoms with Gasteiger partial charge in [0.25, 0.3) is 0 Å². The van der Waals surface area contributed by atoms with Crippen LogP contribution >= 0.6 is 7.82 Å². The second-order valence-corrected chi connectivity index (χ2v) is 7.68. The van der Waals surface area contributed by atoms with Gasteiger partial charge in [0.2, 0.25) is 0 Å². The molecule has 0 aliphatic heterocycles. The zero-order valence-corrected chi connectivity index (χ0v) is 15.8. The van der Waals surface area contributed by atoms with Crippen LogP contribution in [0.1, 0.15) is 53.9 Å². The lowest BCUT2D eigenvalue weighted by Gasteiger charge is -2.22. The van der Waals surface area contributed by atoms with Crippen LogP contribution in [-0.4, -0.2) is 16.4 Å². The van der Waals surface area contributed by atoms with E-state index in [0.717, 1.165) is 19.3 Å². The van der Waals surface area contributed by atoms with Gasteiger partial charge in [-0.05, 0) is 48.9 Å². The molecule has 5 heteroatoms. The second kappa shape index (κ2) is 9.30. The number of phosphoric acid groups is 1. The van der Waals surface area contributed by atoms with Gasteiger partial charge >= 0.3 is 7.82 Å². The van der Waals surface area contributed by atoms with Gasteiger partial charge in [0.05, 0.1) is 6.61 Å². The first-order valence-corrected chi connectivity index (χ1v) is 10.2. The Labute approximate surface area is 150 Å². The van der Waals surface area contributed by atoms with E-state index in [9.17, 15) is 4.57 Å². The molecule has 0 unspecified atom stereocenters. The summed E-state index contributed by atoms with van der Waals surface area (Å²) in [5, 5.41) is 0. The lowest BCUT2D eigenvalue weighted by Crippen LogP contribution is -2.05. The lowest BCUT2D eigenvalue weighted by molar-refractivity contribution is 0.193. The number of hydrogen-bond acceptors (Lipinski definition) is 2. The molecule has 0 saturated carbocycles. The number of aryl methyl sites for hydroxylation is 2. The van der Waals surface area contributed by atoms with Crippen LogP contribution in [0.2, 0.25) is 0 Å². The molecule has 0 bridgehead atoms. The third-order valence-electron chi connectivity index (χ3n) is 4.52. The quantitative estimate of drug-likeness (QED) is 0.481. The zero-order chi connectivity index (χ0) is 18.3. The largest absolute Gasteiger partial charge is 0.469 e. The predicted octanol–water partition coefficient (Wildman–Crippen LogP) is 5.11. The molecule has 0 aliphatic carbocycles. The van der Waals surface area contributed by atoms with Crippen LogP contribution in [0.25, 0.3) is 0 Å². The van der Waals surface area contributed by atoms with E-state index in [1.165, 1.54) is 22.3 Å². The highest BCUT2D eigenvalue weighted by molar-refractivity contribution is 7.46. The zero-order valence-electron chi connectivity index (χ0n) is 14.9. The fourth-order valence-electron chi connectivity index (χ4n) is 3.24. The fourth-order valence-corrected chi connectivity index (χ4v) is 3.61. The first kappa shape index (κ1) is 19.9. The van der Waals surface area contributed by atoms with E-state index < -0.39 is 7.82 Å². The Morgan fingerprint density at radius 1 is 0.880 bits per heavy atom. The minimum atomic E-state index is -4.34. The van der Waals surface area contributed by atoms with Crippen molar-refractivity contribution in [3.8, 4) is 0 Å². The second-order valence-electron chi connectivity index (χ2n) is 6.44. The number of phosphoric ester groups is 1. The molecule has 0 heterocycles. The monoisotopic (exact) mass is 362 g/mol. The number of rotatable bonds is 9. The van der Waals surface area contributed by atoms with Crippen molar-refractivity contribution < 1.29 is 18.9 Å². The molecule has 0 fully saturated rings. The molecule has 0 atom stereocenters. The van der Waals surface area contributed by atoms with Gasteiger partial charge in [0.15, 0.2) is 0 Å². The van der Waals surface area contributed by atoms with E-state index in [1.807, 2.05) is 0 Å². The van der Waals surface area contributed by atoms with E-state index in [-0.39, 0.29) is 6.61 Å². The topological polar surface area (TPSA) is 66.8 Å². The molecule has 2 aromatic carbocycles. The average Bonchev–Trinajstić information content (AvgIpc) is 2.55. The molecule has 2 N–H and O–H groups in total. The summed E-state index contributed by atoms with van der Waals surface area (Å²) in [6.45, 7) is 4.40. The Morgan fingerprint density at radius 2 is 1.40 bits per heavy atom. The average molecular weight is 362 g/mol. The van der Waals surface area contributed by atoms with Crippen molar-refractivity contribution in [2.45, 2.75) is 45.4 Å². The molecule has 0 saturated heterocycles. The highest BCUT2D eigenvalue weighted by Crippen LogP contribution is 2.36. The normalized spacial score (nSPS) is 11.9. The van der Waals surface area contributed by atoms with Crippen LogP contribution in [0, 0.1) is 13.8 Å². The maximum atomic E-state index is 10.7. The Bertz CT molecular complexity index is 678. The Kier molecular flexibility index (Phi) is 7.39. The van der Waals surface area contributed by atoms with E-state index in [2.05, 4.69) is 66.9 Å². The molecule has 0 amide bonds. The van der Waals surface area contributed by atoms with Gasteiger partial charge in [0, 0.05) is 5.92 Å². The van der Waals surface area contributed by atoms with Crippen LogP contribution < -0.4 is 0 Å². The van der Waals surface area contributed by atoms with Crippen molar-refractivity contribution in [3.05, 3.63) is 70.8 Å². The molecule has 2 aromatic rings. The molecule has 25 heavy (non-hydrogen) atoms. The van der Waals surface area contributed by atoms with Gasteiger partial charge in [-0.15, -0.1) is 0 Å². The summed E-state index contributed by atoms with van der Waals surface area (Å²) >= 11 is 0. The SMILES string of the molecule is Cc1ccccc1C(CCCCCOP(=O)(O)O)c1ccccc1C. The molecule has 4 nitrogen and oxygen atoms in total. The third-order valence-corrected chi connectivity index (χ3v) is 5.04. The highest BCUT2D eigenvalue weighted by Gasteiger charge is 2.17. The first-order valence-electron chi connectivity index (χ1n) is 8.69. The van der Waals surface area contributed by atoms with E-state index in [0.29, 0.717) is 12.3 Å². The molecule has 0 aliphatic rings. The van der Waals surface area contributed by atoms with Crippen LogP contribution in [0.3, 0.4) is 0 Å². The van der Waals surface area contributed by atoms with E-state index in [1.54, 1.807) is 0 Å². The van der Waals surface area contributed by atoms with Crippen molar-refractivity contribution in [2.24, 2.45) is 0 Å². The van der Waals surface area contributed by atoms with Crippen LogP contribution in [-0.2, 0) is 9.09 Å². The fraction of sp³-hybridized carbons (Fsp3) is 0.400. The third kappa shape index (κ3) is 6.41. The van der Waals surface area contributed by atoms with E-state index >= 15 is 0 Å². The Hall–Kier alpha value is -1.45. The van der Waals surface area contributed by atoms with E-state index in [4.69, 9.17) is 9.79 Å². The molecular formula is C20H27O4P. The van der Waals surface area contributed by atoms with Gasteiger partial charge in [-0.3, -0.25) is 4.52 Å². The van der Waals surface area contributed by atoms with Crippen LogP contribution in [0.15, 0.2) is 48.5 Å². The highest BCUT2D eigenvalue weighted by atomic mass is 31.2. The van der Waals surface area contributed by atoms with Crippen LogP contribution in [0.4, 0.5) is 0 Å². The summed E-state index contributed by atoms with van der Waals surface area (Å²) in [6.07, 6.45) is 3.52.